The van der Waals surface area contributed by atoms with Gasteiger partial charge in [-0.2, -0.15) is 0 Å². The van der Waals surface area contributed by atoms with Crippen molar-refractivity contribution in [1.82, 2.24) is 0 Å². The smallest absolute Gasteiger partial charge is 0.0714 e. The highest BCUT2D eigenvalue weighted by Gasteiger charge is 2.46. The van der Waals surface area contributed by atoms with Crippen molar-refractivity contribution in [3.8, 4) is 44.5 Å². The lowest BCUT2D eigenvalue weighted by Crippen LogP contribution is -2.28. The summed E-state index contributed by atoms with van der Waals surface area (Å²) in [7, 11) is 0. The molecular weight excluding hydrogens is 735 g/mol. The van der Waals surface area contributed by atoms with Gasteiger partial charge in [-0.3, -0.25) is 0 Å². The van der Waals surface area contributed by atoms with Gasteiger partial charge in [0.25, 0.3) is 0 Å². The van der Waals surface area contributed by atoms with Crippen LogP contribution in [0.2, 0.25) is 0 Å². The minimum atomic E-state index is -0.520. The Balaban J connectivity index is 1.15. The van der Waals surface area contributed by atoms with Crippen LogP contribution in [0.4, 0.5) is 17.1 Å². The second kappa shape index (κ2) is 15.1. The largest absolute Gasteiger partial charge is 0.310 e. The molecule has 0 bridgehead atoms. The monoisotopic (exact) mass is 777 g/mol. The fourth-order valence-electron chi connectivity index (χ4n) is 9.79. The molecule has 0 aliphatic heterocycles. The lowest BCUT2D eigenvalue weighted by Gasteiger charge is -2.35. The summed E-state index contributed by atoms with van der Waals surface area (Å²) < 4.78 is 0. The van der Waals surface area contributed by atoms with Gasteiger partial charge < -0.3 is 4.90 Å². The highest BCUT2D eigenvalue weighted by Crippen LogP contribution is 2.57. The molecule has 10 aromatic carbocycles. The van der Waals surface area contributed by atoms with Crippen LogP contribution in [0.5, 0.6) is 0 Å². The van der Waals surface area contributed by atoms with Crippen LogP contribution in [0.1, 0.15) is 27.8 Å². The molecule has 0 heterocycles. The molecular formula is C60H43N. The summed E-state index contributed by atoms with van der Waals surface area (Å²) in [6, 6.07) is 89.2. The third kappa shape index (κ3) is 6.17. The zero-order chi connectivity index (χ0) is 40.8. The van der Waals surface area contributed by atoms with Crippen LogP contribution < -0.4 is 4.90 Å². The van der Waals surface area contributed by atoms with Crippen molar-refractivity contribution in [2.45, 2.75) is 12.3 Å². The Bertz CT molecular complexity index is 3130. The van der Waals surface area contributed by atoms with E-state index in [0.29, 0.717) is 0 Å². The lowest BCUT2D eigenvalue weighted by atomic mass is 9.67. The van der Waals surface area contributed by atoms with Crippen LogP contribution in [0.25, 0.3) is 55.3 Å². The molecule has 1 aliphatic rings. The average Bonchev–Trinajstić information content (AvgIpc) is 3.63. The Kier molecular flexibility index (Phi) is 9.02. The van der Waals surface area contributed by atoms with Gasteiger partial charge in [0.15, 0.2) is 0 Å². The maximum absolute atomic E-state index is 2.49. The van der Waals surface area contributed by atoms with Gasteiger partial charge in [0.2, 0.25) is 0 Å². The fraction of sp³-hybridized carbons (Fsp3) is 0.0333. The van der Waals surface area contributed by atoms with Gasteiger partial charge in [0.05, 0.1) is 11.1 Å². The van der Waals surface area contributed by atoms with E-state index in [4.69, 9.17) is 0 Å². The predicted octanol–water partition coefficient (Wildman–Crippen LogP) is 16.0. The summed E-state index contributed by atoms with van der Waals surface area (Å²) in [5.74, 6) is 0. The molecule has 0 aromatic heterocycles. The summed E-state index contributed by atoms with van der Waals surface area (Å²) in [5, 5.41) is 2.42. The molecule has 61 heavy (non-hydrogen) atoms. The molecule has 0 unspecified atom stereocenters. The van der Waals surface area contributed by atoms with E-state index in [9.17, 15) is 0 Å². The topological polar surface area (TPSA) is 3.24 Å². The summed E-state index contributed by atoms with van der Waals surface area (Å²) in [6.45, 7) is 2.22. The highest BCUT2D eigenvalue weighted by atomic mass is 15.1. The van der Waals surface area contributed by atoms with E-state index in [1.807, 2.05) is 0 Å². The van der Waals surface area contributed by atoms with Gasteiger partial charge in [-0.15, -0.1) is 0 Å². The molecule has 1 heteroatoms. The molecule has 11 rings (SSSR count). The third-order valence-corrected chi connectivity index (χ3v) is 12.7. The molecule has 0 saturated carbocycles. The van der Waals surface area contributed by atoms with E-state index in [0.717, 1.165) is 17.1 Å². The molecule has 1 aliphatic carbocycles. The number of nitrogens with zero attached hydrogens (tertiary/aromatic N) is 1. The first-order chi connectivity index (χ1) is 30.2. The number of anilines is 3. The quantitative estimate of drug-likeness (QED) is 0.149. The summed E-state index contributed by atoms with van der Waals surface area (Å²) in [6.07, 6.45) is 0. The molecule has 288 valence electrons. The first-order valence-corrected chi connectivity index (χ1v) is 21.2. The minimum Gasteiger partial charge on any atom is -0.310 e. The van der Waals surface area contributed by atoms with Crippen molar-refractivity contribution < 1.29 is 0 Å². The number of benzene rings is 10. The van der Waals surface area contributed by atoms with Crippen molar-refractivity contribution in [3.05, 3.63) is 270 Å². The maximum Gasteiger partial charge on any atom is 0.0714 e. The number of aryl methyl sites for hydroxylation is 1. The summed E-state index contributed by atoms with van der Waals surface area (Å²) in [5.41, 5.74) is 18.9. The van der Waals surface area contributed by atoms with E-state index in [1.165, 1.54) is 83.1 Å². The standard InChI is InChI=1S/C60H43N/c1-42-17-11-14-26-53(42)56-39-47-20-12-13-21-48(47)40-59(56)61(51-35-33-46(34-36-51)45-31-29-44(30-32-45)43-18-5-2-6-19-43)52-37-38-55-54-27-15-16-28-57(54)60(58(55)41-52,49-22-7-3-8-23-49)50-24-9-4-10-25-50/h2-41H,1H3. The van der Waals surface area contributed by atoms with Gasteiger partial charge in [-0.05, 0) is 121 Å². The summed E-state index contributed by atoms with van der Waals surface area (Å²) in [4.78, 5) is 2.49. The first-order valence-electron chi connectivity index (χ1n) is 21.2. The van der Waals surface area contributed by atoms with Crippen molar-refractivity contribution in [1.29, 1.82) is 0 Å². The van der Waals surface area contributed by atoms with Gasteiger partial charge in [0.1, 0.15) is 0 Å². The van der Waals surface area contributed by atoms with Crippen molar-refractivity contribution in [2.75, 3.05) is 4.90 Å². The predicted molar refractivity (Wildman–Crippen MR) is 257 cm³/mol. The average molecular weight is 778 g/mol. The van der Waals surface area contributed by atoms with Crippen LogP contribution in [0.15, 0.2) is 243 Å². The Morgan fingerprint density at radius 1 is 0.311 bits per heavy atom. The number of rotatable bonds is 8. The Morgan fingerprint density at radius 3 is 1.39 bits per heavy atom. The Labute approximate surface area is 358 Å². The van der Waals surface area contributed by atoms with E-state index < -0.39 is 5.41 Å². The number of fused-ring (bicyclic) bond motifs is 4. The normalized spacial score (nSPS) is 12.5. The van der Waals surface area contributed by atoms with Crippen LogP contribution in [-0.2, 0) is 5.41 Å². The van der Waals surface area contributed by atoms with Gasteiger partial charge in [-0.25, -0.2) is 0 Å². The maximum atomic E-state index is 2.49. The molecule has 0 N–H and O–H groups in total. The molecule has 0 saturated heterocycles. The zero-order valence-electron chi connectivity index (χ0n) is 34.0. The SMILES string of the molecule is Cc1ccccc1-c1cc2ccccc2cc1N(c1ccc(-c2ccc(-c3ccccc3)cc2)cc1)c1ccc2c(c1)C(c1ccccc1)(c1ccccc1)c1ccccc1-2. The van der Waals surface area contributed by atoms with Gasteiger partial charge >= 0.3 is 0 Å². The number of hydrogen-bond acceptors (Lipinski definition) is 1. The first kappa shape index (κ1) is 36.3. The van der Waals surface area contributed by atoms with Crippen LogP contribution in [0.3, 0.4) is 0 Å². The second-order valence-electron chi connectivity index (χ2n) is 16.1. The lowest BCUT2D eigenvalue weighted by molar-refractivity contribution is 0.768. The molecule has 0 fully saturated rings. The van der Waals surface area contributed by atoms with Gasteiger partial charge in [-0.1, -0.05) is 206 Å². The second-order valence-corrected chi connectivity index (χ2v) is 16.1. The Morgan fingerprint density at radius 2 is 0.770 bits per heavy atom. The van der Waals surface area contributed by atoms with E-state index >= 15 is 0 Å². The van der Waals surface area contributed by atoms with Crippen molar-refractivity contribution in [3.63, 3.8) is 0 Å². The molecule has 0 amide bonds. The molecule has 0 radical (unpaired) electrons. The number of hydrogen-bond donors (Lipinski definition) is 0. The fourth-order valence-corrected chi connectivity index (χ4v) is 9.79. The van der Waals surface area contributed by atoms with Crippen molar-refractivity contribution in [2.24, 2.45) is 0 Å². The van der Waals surface area contributed by atoms with Gasteiger partial charge in [0, 0.05) is 16.9 Å². The van der Waals surface area contributed by atoms with E-state index in [-0.39, 0.29) is 0 Å². The van der Waals surface area contributed by atoms with Crippen molar-refractivity contribution >= 4 is 27.8 Å². The van der Waals surface area contributed by atoms with E-state index in [2.05, 4.69) is 254 Å². The minimum absolute atomic E-state index is 0.520. The summed E-state index contributed by atoms with van der Waals surface area (Å²) >= 11 is 0. The third-order valence-electron chi connectivity index (χ3n) is 12.7. The van der Waals surface area contributed by atoms with Crippen LogP contribution >= 0.6 is 0 Å². The Hall–Kier alpha value is -7.74. The van der Waals surface area contributed by atoms with Crippen LogP contribution in [0, 0.1) is 6.92 Å². The van der Waals surface area contributed by atoms with Crippen LogP contribution in [-0.4, -0.2) is 0 Å². The van der Waals surface area contributed by atoms with E-state index in [1.54, 1.807) is 0 Å². The highest BCUT2D eigenvalue weighted by molar-refractivity contribution is 5.99. The molecule has 0 atom stereocenters. The molecule has 10 aromatic rings. The zero-order valence-corrected chi connectivity index (χ0v) is 34.0. The molecule has 0 spiro atoms. The molecule has 1 nitrogen and oxygen atoms in total.